The summed E-state index contributed by atoms with van der Waals surface area (Å²) < 4.78 is 4.91. The van der Waals surface area contributed by atoms with Crippen LogP contribution >= 0.6 is 0 Å². The number of ether oxygens (including phenoxy) is 1. The van der Waals surface area contributed by atoms with Crippen molar-refractivity contribution in [1.29, 1.82) is 0 Å². The third-order valence-electron chi connectivity index (χ3n) is 4.27. The Hall–Kier alpha value is -0.650. The minimum atomic E-state index is -0.847. The molecule has 0 aliphatic carbocycles. The van der Waals surface area contributed by atoms with E-state index in [9.17, 15) is 4.79 Å². The van der Waals surface area contributed by atoms with Crippen LogP contribution in [0.3, 0.4) is 0 Å². The van der Waals surface area contributed by atoms with Gasteiger partial charge in [0.1, 0.15) is 12.7 Å². The Morgan fingerprint density at radius 3 is 1.71 bits per heavy atom. The smallest absolute Gasteiger partial charge is 0.305 e. The molecule has 144 valence electrons. The van der Waals surface area contributed by atoms with Gasteiger partial charge in [0.2, 0.25) is 0 Å². The van der Waals surface area contributed by atoms with Crippen LogP contribution in [0.5, 0.6) is 0 Å². The van der Waals surface area contributed by atoms with Gasteiger partial charge in [0.05, 0.1) is 6.61 Å². The Balaban J connectivity index is 3.20. The molecule has 2 N–H and O–H groups in total. The van der Waals surface area contributed by atoms with Crippen LogP contribution in [0, 0.1) is 0 Å². The minimum absolute atomic E-state index is 0.107. The normalized spacial score (nSPS) is 12.3. The zero-order valence-electron chi connectivity index (χ0n) is 15.5. The van der Waals surface area contributed by atoms with Crippen LogP contribution in [0.15, 0.2) is 0 Å². The Bertz CT molecular complexity index is 266. The van der Waals surface area contributed by atoms with Crippen LogP contribution in [0.4, 0.5) is 0 Å². The number of carbonyl (C=O) groups is 1. The standard InChI is InChI=1S/C19H38O5/c1-2-3-4-5-6-7-8-9-10-11-12-13-14-15-19(21)23-17-18(16-20)24-22/h18,20,22H,2-17H2,1H3/t18-/m0/s1. The van der Waals surface area contributed by atoms with E-state index >= 15 is 0 Å². The highest BCUT2D eigenvalue weighted by molar-refractivity contribution is 5.69. The van der Waals surface area contributed by atoms with Gasteiger partial charge in [-0.15, -0.1) is 0 Å². The van der Waals surface area contributed by atoms with Gasteiger partial charge in [-0.1, -0.05) is 84.0 Å². The van der Waals surface area contributed by atoms with Gasteiger partial charge in [-0.2, -0.15) is 0 Å². The Morgan fingerprint density at radius 1 is 0.833 bits per heavy atom. The number of hydrogen-bond donors (Lipinski definition) is 2. The first-order valence-electron chi connectivity index (χ1n) is 9.81. The summed E-state index contributed by atoms with van der Waals surface area (Å²) in [5, 5.41) is 17.1. The Labute approximate surface area is 147 Å². The van der Waals surface area contributed by atoms with Crippen LogP contribution in [0.1, 0.15) is 96.8 Å². The van der Waals surface area contributed by atoms with Gasteiger partial charge >= 0.3 is 5.97 Å². The molecule has 0 bridgehead atoms. The molecule has 0 heterocycles. The molecule has 0 amide bonds. The lowest BCUT2D eigenvalue weighted by atomic mass is 10.0. The first-order valence-corrected chi connectivity index (χ1v) is 9.81. The first kappa shape index (κ1) is 23.4. The molecule has 0 saturated carbocycles. The van der Waals surface area contributed by atoms with E-state index in [0.717, 1.165) is 12.8 Å². The second-order valence-corrected chi connectivity index (χ2v) is 6.59. The quantitative estimate of drug-likeness (QED) is 0.160. The molecule has 5 heteroatoms. The largest absolute Gasteiger partial charge is 0.463 e. The van der Waals surface area contributed by atoms with Crippen molar-refractivity contribution < 1.29 is 24.8 Å². The fourth-order valence-corrected chi connectivity index (χ4v) is 2.66. The van der Waals surface area contributed by atoms with Crippen molar-refractivity contribution in [1.82, 2.24) is 0 Å². The summed E-state index contributed by atoms with van der Waals surface area (Å²) in [5.74, 6) is -0.298. The van der Waals surface area contributed by atoms with Crippen molar-refractivity contribution in [2.24, 2.45) is 0 Å². The number of esters is 1. The van der Waals surface area contributed by atoms with Crippen LogP contribution in [0.2, 0.25) is 0 Å². The van der Waals surface area contributed by atoms with E-state index in [-0.39, 0.29) is 19.2 Å². The van der Waals surface area contributed by atoms with E-state index < -0.39 is 6.10 Å². The lowest BCUT2D eigenvalue weighted by Gasteiger charge is -2.10. The Morgan fingerprint density at radius 2 is 1.29 bits per heavy atom. The SMILES string of the molecule is CCCCCCCCCCCCCCCC(=O)OC[C@H](CO)OO. The molecule has 0 saturated heterocycles. The maximum absolute atomic E-state index is 11.4. The fourth-order valence-electron chi connectivity index (χ4n) is 2.66. The summed E-state index contributed by atoms with van der Waals surface area (Å²) >= 11 is 0. The van der Waals surface area contributed by atoms with Crippen LogP contribution < -0.4 is 0 Å². The topological polar surface area (TPSA) is 76.0 Å². The number of aliphatic hydroxyl groups excluding tert-OH is 1. The number of carbonyl (C=O) groups excluding carboxylic acids is 1. The summed E-state index contributed by atoms with van der Waals surface area (Å²) in [7, 11) is 0. The summed E-state index contributed by atoms with van der Waals surface area (Å²) in [6, 6.07) is 0. The highest BCUT2D eigenvalue weighted by Gasteiger charge is 2.10. The van der Waals surface area contributed by atoms with Crippen molar-refractivity contribution in [2.75, 3.05) is 13.2 Å². The average molecular weight is 347 g/mol. The molecular weight excluding hydrogens is 308 g/mol. The lowest BCUT2D eigenvalue weighted by molar-refractivity contribution is -0.291. The monoisotopic (exact) mass is 346 g/mol. The second kappa shape index (κ2) is 18.7. The van der Waals surface area contributed by atoms with E-state index in [1.54, 1.807) is 0 Å². The van der Waals surface area contributed by atoms with Gasteiger partial charge in [-0.05, 0) is 6.42 Å². The van der Waals surface area contributed by atoms with Crippen LogP contribution in [-0.4, -0.2) is 35.7 Å². The molecule has 5 nitrogen and oxygen atoms in total. The molecule has 1 atom stereocenters. The van der Waals surface area contributed by atoms with Gasteiger partial charge in [0, 0.05) is 6.42 Å². The van der Waals surface area contributed by atoms with Gasteiger partial charge < -0.3 is 9.84 Å². The number of rotatable bonds is 18. The summed E-state index contributed by atoms with van der Waals surface area (Å²) in [6.45, 7) is 1.77. The predicted molar refractivity (Wildman–Crippen MR) is 95.9 cm³/mol. The van der Waals surface area contributed by atoms with Crippen molar-refractivity contribution >= 4 is 5.97 Å². The predicted octanol–water partition coefficient (Wildman–Crippen LogP) is 4.86. The molecule has 0 aromatic rings. The van der Waals surface area contributed by atoms with Crippen molar-refractivity contribution in [3.63, 3.8) is 0 Å². The fraction of sp³-hybridized carbons (Fsp3) is 0.947. The minimum Gasteiger partial charge on any atom is -0.463 e. The van der Waals surface area contributed by atoms with Gasteiger partial charge in [0.25, 0.3) is 0 Å². The first-order chi connectivity index (χ1) is 11.7. The molecular formula is C19H38O5. The molecule has 0 spiro atoms. The van der Waals surface area contributed by atoms with E-state index in [1.165, 1.54) is 70.6 Å². The molecule has 0 rings (SSSR count). The molecule has 0 aromatic carbocycles. The summed E-state index contributed by atoms with van der Waals surface area (Å²) in [4.78, 5) is 15.4. The zero-order valence-corrected chi connectivity index (χ0v) is 15.5. The van der Waals surface area contributed by atoms with E-state index in [2.05, 4.69) is 11.8 Å². The highest BCUT2D eigenvalue weighted by atomic mass is 17.1. The molecule has 0 fully saturated rings. The molecule has 0 unspecified atom stereocenters. The average Bonchev–Trinajstić information content (AvgIpc) is 2.60. The van der Waals surface area contributed by atoms with E-state index in [4.69, 9.17) is 15.1 Å². The van der Waals surface area contributed by atoms with Crippen molar-refractivity contribution in [2.45, 2.75) is 103 Å². The zero-order chi connectivity index (χ0) is 17.9. The molecule has 0 radical (unpaired) electrons. The molecule has 0 aromatic heterocycles. The van der Waals surface area contributed by atoms with Crippen LogP contribution in [-0.2, 0) is 14.4 Å². The second-order valence-electron chi connectivity index (χ2n) is 6.59. The van der Waals surface area contributed by atoms with Gasteiger partial charge in [0.15, 0.2) is 0 Å². The molecule has 24 heavy (non-hydrogen) atoms. The Kier molecular flexibility index (Phi) is 18.2. The summed E-state index contributed by atoms with van der Waals surface area (Å²) in [6.07, 6.45) is 16.1. The lowest BCUT2D eigenvalue weighted by Crippen LogP contribution is -2.24. The molecule has 0 aliphatic heterocycles. The van der Waals surface area contributed by atoms with Gasteiger partial charge in [-0.25, -0.2) is 4.89 Å². The van der Waals surface area contributed by atoms with E-state index in [1.807, 2.05) is 0 Å². The summed E-state index contributed by atoms with van der Waals surface area (Å²) in [5.41, 5.74) is 0. The number of aliphatic hydroxyl groups is 1. The third kappa shape index (κ3) is 16.2. The number of hydrogen-bond acceptors (Lipinski definition) is 5. The van der Waals surface area contributed by atoms with Gasteiger partial charge in [-0.3, -0.25) is 10.1 Å². The third-order valence-corrected chi connectivity index (χ3v) is 4.27. The number of unbranched alkanes of at least 4 members (excludes halogenated alkanes) is 12. The maximum Gasteiger partial charge on any atom is 0.305 e. The van der Waals surface area contributed by atoms with Crippen molar-refractivity contribution in [3.8, 4) is 0 Å². The highest BCUT2D eigenvalue weighted by Crippen LogP contribution is 2.13. The maximum atomic E-state index is 11.4. The van der Waals surface area contributed by atoms with E-state index in [0.29, 0.717) is 6.42 Å². The van der Waals surface area contributed by atoms with Crippen molar-refractivity contribution in [3.05, 3.63) is 0 Å². The van der Waals surface area contributed by atoms with Crippen LogP contribution in [0.25, 0.3) is 0 Å². The molecule has 0 aliphatic rings.